The Balaban J connectivity index is 1.55. The van der Waals surface area contributed by atoms with Crippen LogP contribution in [0.1, 0.15) is 19.8 Å². The molecule has 3 rings (SSSR count). The third-order valence-electron chi connectivity index (χ3n) is 4.80. The first kappa shape index (κ1) is 11.0. The van der Waals surface area contributed by atoms with Crippen LogP contribution in [0.5, 0.6) is 0 Å². The molecule has 3 aliphatic rings. The van der Waals surface area contributed by atoms with Crippen molar-refractivity contribution in [2.75, 3.05) is 39.4 Å². The topological polar surface area (TPSA) is 24.5 Å². The molecule has 3 heteroatoms. The van der Waals surface area contributed by atoms with Gasteiger partial charge in [0.15, 0.2) is 0 Å². The average molecular weight is 224 g/mol. The summed E-state index contributed by atoms with van der Waals surface area (Å²) in [6.07, 6.45) is 2.64. The summed E-state index contributed by atoms with van der Waals surface area (Å²) in [5.41, 5.74) is 0. The molecule has 3 saturated heterocycles. The predicted molar refractivity (Wildman–Crippen MR) is 64.4 cm³/mol. The lowest BCUT2D eigenvalue weighted by molar-refractivity contribution is 0.0358. The molecule has 0 aromatic heterocycles. The molecule has 0 bridgehead atoms. The summed E-state index contributed by atoms with van der Waals surface area (Å²) in [6.45, 7) is 9.47. The molecule has 4 unspecified atom stereocenters. The van der Waals surface area contributed by atoms with Gasteiger partial charge in [0.2, 0.25) is 0 Å². The monoisotopic (exact) mass is 224 g/mol. The van der Waals surface area contributed by atoms with Gasteiger partial charge < -0.3 is 10.1 Å². The van der Waals surface area contributed by atoms with Crippen molar-refractivity contribution in [3.63, 3.8) is 0 Å². The highest BCUT2D eigenvalue weighted by Gasteiger charge is 2.42. The van der Waals surface area contributed by atoms with Crippen molar-refractivity contribution in [1.82, 2.24) is 10.2 Å². The van der Waals surface area contributed by atoms with Crippen LogP contribution in [0.4, 0.5) is 0 Å². The van der Waals surface area contributed by atoms with Crippen molar-refractivity contribution < 1.29 is 4.74 Å². The maximum atomic E-state index is 5.58. The molecule has 3 nitrogen and oxygen atoms in total. The SMILES string of the molecule is CC1C2CNCC2CN1CC1CCCOC1. The number of rotatable bonds is 2. The number of ether oxygens (including phenoxy) is 1. The first-order valence-corrected chi connectivity index (χ1v) is 6.87. The Hall–Kier alpha value is -0.120. The zero-order chi connectivity index (χ0) is 11.0. The van der Waals surface area contributed by atoms with Crippen molar-refractivity contribution in [1.29, 1.82) is 0 Å². The van der Waals surface area contributed by atoms with E-state index in [0.29, 0.717) is 0 Å². The van der Waals surface area contributed by atoms with E-state index in [1.807, 2.05) is 0 Å². The predicted octanol–water partition coefficient (Wildman–Crippen LogP) is 0.953. The molecular formula is C13H24N2O. The molecule has 0 amide bonds. The second kappa shape index (κ2) is 4.63. The highest BCUT2D eigenvalue weighted by molar-refractivity contribution is 4.97. The number of hydrogen-bond donors (Lipinski definition) is 1. The van der Waals surface area contributed by atoms with E-state index >= 15 is 0 Å². The summed E-state index contributed by atoms with van der Waals surface area (Å²) in [5, 5.41) is 3.53. The summed E-state index contributed by atoms with van der Waals surface area (Å²) < 4.78 is 5.58. The Labute approximate surface area is 98.5 Å². The van der Waals surface area contributed by atoms with Gasteiger partial charge in [-0.1, -0.05) is 0 Å². The Bertz CT molecular complexity index is 240. The van der Waals surface area contributed by atoms with Crippen molar-refractivity contribution in [3.05, 3.63) is 0 Å². The van der Waals surface area contributed by atoms with Gasteiger partial charge in [0.1, 0.15) is 0 Å². The summed E-state index contributed by atoms with van der Waals surface area (Å²) in [6, 6.07) is 0.780. The van der Waals surface area contributed by atoms with Gasteiger partial charge in [-0.25, -0.2) is 0 Å². The van der Waals surface area contributed by atoms with Gasteiger partial charge in [-0.3, -0.25) is 4.90 Å². The van der Waals surface area contributed by atoms with Gasteiger partial charge in [-0.15, -0.1) is 0 Å². The Morgan fingerprint density at radius 2 is 2.31 bits per heavy atom. The lowest BCUT2D eigenvalue weighted by Crippen LogP contribution is -2.38. The average Bonchev–Trinajstić information content (AvgIpc) is 2.86. The molecule has 0 spiro atoms. The summed E-state index contributed by atoms with van der Waals surface area (Å²) >= 11 is 0. The molecule has 0 radical (unpaired) electrons. The minimum Gasteiger partial charge on any atom is -0.381 e. The molecule has 4 atom stereocenters. The van der Waals surface area contributed by atoms with Crippen LogP contribution in [-0.2, 0) is 4.74 Å². The van der Waals surface area contributed by atoms with Gasteiger partial charge in [0.05, 0.1) is 6.61 Å². The van der Waals surface area contributed by atoms with Crippen LogP contribution in [0.15, 0.2) is 0 Å². The first-order valence-electron chi connectivity index (χ1n) is 6.87. The normalized spacial score (nSPS) is 44.8. The third kappa shape index (κ3) is 2.01. The number of nitrogens with zero attached hydrogens (tertiary/aromatic N) is 1. The van der Waals surface area contributed by atoms with Crippen molar-refractivity contribution in [2.45, 2.75) is 25.8 Å². The maximum absolute atomic E-state index is 5.58. The molecule has 92 valence electrons. The van der Waals surface area contributed by atoms with Crippen molar-refractivity contribution in [2.24, 2.45) is 17.8 Å². The van der Waals surface area contributed by atoms with Crippen molar-refractivity contribution >= 4 is 0 Å². The highest BCUT2D eigenvalue weighted by atomic mass is 16.5. The van der Waals surface area contributed by atoms with E-state index in [2.05, 4.69) is 17.1 Å². The van der Waals surface area contributed by atoms with Crippen LogP contribution in [-0.4, -0.2) is 50.3 Å². The van der Waals surface area contributed by atoms with Crippen molar-refractivity contribution in [3.8, 4) is 0 Å². The minimum atomic E-state index is 0.780. The molecule has 0 aliphatic carbocycles. The number of nitrogens with one attached hydrogen (secondary N) is 1. The minimum absolute atomic E-state index is 0.780. The fourth-order valence-electron chi connectivity index (χ4n) is 3.78. The van der Waals surface area contributed by atoms with Gasteiger partial charge in [-0.05, 0) is 50.6 Å². The quantitative estimate of drug-likeness (QED) is 0.756. The molecule has 3 fully saturated rings. The van der Waals surface area contributed by atoms with Gasteiger partial charge in [-0.2, -0.15) is 0 Å². The molecule has 0 saturated carbocycles. The molecule has 1 N–H and O–H groups in total. The Kier molecular flexibility index (Phi) is 3.18. The molecular weight excluding hydrogens is 200 g/mol. The molecule has 0 aromatic carbocycles. The number of hydrogen-bond acceptors (Lipinski definition) is 3. The lowest BCUT2D eigenvalue weighted by Gasteiger charge is -2.30. The largest absolute Gasteiger partial charge is 0.381 e. The molecule has 3 aliphatic heterocycles. The second-order valence-electron chi connectivity index (χ2n) is 5.86. The lowest BCUT2D eigenvalue weighted by atomic mass is 9.95. The smallest absolute Gasteiger partial charge is 0.0506 e. The number of likely N-dealkylation sites (tertiary alicyclic amines) is 1. The van der Waals surface area contributed by atoms with Gasteiger partial charge in [0.25, 0.3) is 0 Å². The van der Waals surface area contributed by atoms with Crippen LogP contribution in [0.2, 0.25) is 0 Å². The van der Waals surface area contributed by atoms with E-state index in [-0.39, 0.29) is 0 Å². The summed E-state index contributed by atoms with van der Waals surface area (Å²) in [4.78, 5) is 2.72. The van der Waals surface area contributed by atoms with E-state index in [0.717, 1.165) is 37.0 Å². The zero-order valence-electron chi connectivity index (χ0n) is 10.3. The van der Waals surface area contributed by atoms with E-state index in [1.165, 1.54) is 39.0 Å². The molecule has 0 aromatic rings. The highest BCUT2D eigenvalue weighted by Crippen LogP contribution is 2.33. The third-order valence-corrected chi connectivity index (χ3v) is 4.80. The van der Waals surface area contributed by atoms with Gasteiger partial charge >= 0.3 is 0 Å². The number of fused-ring (bicyclic) bond motifs is 1. The molecule has 16 heavy (non-hydrogen) atoms. The zero-order valence-corrected chi connectivity index (χ0v) is 10.3. The van der Waals surface area contributed by atoms with Crippen LogP contribution in [0, 0.1) is 17.8 Å². The van der Waals surface area contributed by atoms with E-state index in [1.54, 1.807) is 0 Å². The van der Waals surface area contributed by atoms with Gasteiger partial charge in [0, 0.05) is 25.7 Å². The first-order chi connectivity index (χ1) is 7.84. The van der Waals surface area contributed by atoms with E-state index in [9.17, 15) is 0 Å². The Morgan fingerprint density at radius 1 is 1.38 bits per heavy atom. The summed E-state index contributed by atoms with van der Waals surface area (Å²) in [7, 11) is 0. The van der Waals surface area contributed by atoms with Crippen LogP contribution >= 0.6 is 0 Å². The second-order valence-corrected chi connectivity index (χ2v) is 5.86. The fraction of sp³-hybridized carbons (Fsp3) is 1.00. The van der Waals surface area contributed by atoms with E-state index < -0.39 is 0 Å². The summed E-state index contributed by atoms with van der Waals surface area (Å²) in [5.74, 6) is 2.62. The Morgan fingerprint density at radius 3 is 3.06 bits per heavy atom. The van der Waals surface area contributed by atoms with Crippen LogP contribution in [0.25, 0.3) is 0 Å². The van der Waals surface area contributed by atoms with Crippen LogP contribution in [0.3, 0.4) is 0 Å². The standard InChI is InChI=1S/C13H24N2O/c1-10-13-6-14-5-12(13)8-15(10)7-11-3-2-4-16-9-11/h10-14H,2-9H2,1H3. The molecule has 3 heterocycles. The maximum Gasteiger partial charge on any atom is 0.0506 e. The van der Waals surface area contributed by atoms with E-state index in [4.69, 9.17) is 4.74 Å². The fourth-order valence-corrected chi connectivity index (χ4v) is 3.78. The van der Waals surface area contributed by atoms with Crippen LogP contribution < -0.4 is 5.32 Å².